The van der Waals surface area contributed by atoms with Crippen LogP contribution in [0.3, 0.4) is 0 Å². The Kier molecular flexibility index (Phi) is 7.79. The predicted molar refractivity (Wildman–Crippen MR) is 274 cm³/mol. The highest BCUT2D eigenvalue weighted by Crippen LogP contribution is 2.61. The summed E-state index contributed by atoms with van der Waals surface area (Å²) in [5.41, 5.74) is 25.5. The molecule has 0 radical (unpaired) electrons. The summed E-state index contributed by atoms with van der Waals surface area (Å²) in [5, 5.41) is 2.59. The minimum absolute atomic E-state index is 0.0426. The quantitative estimate of drug-likeness (QED) is 0.152. The van der Waals surface area contributed by atoms with E-state index in [9.17, 15) is 0 Å². The van der Waals surface area contributed by atoms with Crippen molar-refractivity contribution in [1.29, 1.82) is 0 Å². The van der Waals surface area contributed by atoms with E-state index in [0.29, 0.717) is 0 Å². The number of hydrogen-bond donors (Lipinski definition) is 0. The highest BCUT2D eigenvalue weighted by atomic mass is 15.0. The van der Waals surface area contributed by atoms with Crippen LogP contribution in [-0.2, 0) is 10.8 Å². The number of fused-ring (bicyclic) bond motifs is 15. The van der Waals surface area contributed by atoms with Crippen molar-refractivity contribution >= 4 is 21.8 Å². The fraction of sp³-hybridized carbons (Fsp3) is 0.0769. The highest BCUT2D eigenvalue weighted by Gasteiger charge is 2.51. The van der Waals surface area contributed by atoms with E-state index < -0.39 is 5.41 Å². The third kappa shape index (κ3) is 4.90. The fourth-order valence-electron chi connectivity index (χ4n) is 12.8. The van der Waals surface area contributed by atoms with Gasteiger partial charge < -0.3 is 4.57 Å². The lowest BCUT2D eigenvalue weighted by Gasteiger charge is -2.39. The summed E-state index contributed by atoms with van der Waals surface area (Å²) in [7, 11) is 0. The van der Waals surface area contributed by atoms with Crippen molar-refractivity contribution in [1.82, 2.24) is 4.57 Å². The molecule has 1 heteroatoms. The van der Waals surface area contributed by atoms with E-state index in [-0.39, 0.29) is 11.3 Å². The van der Waals surface area contributed by atoms with Crippen molar-refractivity contribution in [2.24, 2.45) is 0 Å². The molecule has 310 valence electrons. The van der Waals surface area contributed by atoms with Gasteiger partial charge in [-0.25, -0.2) is 0 Å². The summed E-state index contributed by atoms with van der Waals surface area (Å²) in [6.45, 7) is 4.78. The van der Waals surface area contributed by atoms with Crippen LogP contribution in [-0.4, -0.2) is 4.57 Å². The number of hydrogen-bond acceptors (Lipinski definition) is 0. The van der Waals surface area contributed by atoms with Crippen molar-refractivity contribution in [3.8, 4) is 50.2 Å². The second-order valence-electron chi connectivity index (χ2n) is 19.1. The molecule has 66 heavy (non-hydrogen) atoms. The summed E-state index contributed by atoms with van der Waals surface area (Å²) in [5.74, 6) is -0.0426. The number of nitrogens with zero attached hydrogens (tertiary/aromatic N) is 1. The van der Waals surface area contributed by atoms with Crippen molar-refractivity contribution in [2.45, 2.75) is 30.6 Å². The highest BCUT2D eigenvalue weighted by molar-refractivity contribution is 6.13. The Hall–Kier alpha value is -8.00. The zero-order chi connectivity index (χ0) is 43.7. The molecule has 1 aliphatic heterocycles. The normalized spacial score (nSPS) is 16.2. The Labute approximate surface area is 385 Å². The summed E-state index contributed by atoms with van der Waals surface area (Å²) >= 11 is 0. The number of aromatic nitrogens is 1. The van der Waals surface area contributed by atoms with E-state index in [4.69, 9.17) is 0 Å². The van der Waals surface area contributed by atoms with E-state index in [1.807, 2.05) is 0 Å². The molecule has 1 nitrogen and oxygen atoms in total. The lowest BCUT2D eigenvalue weighted by molar-refractivity contribution is 0.659. The van der Waals surface area contributed by atoms with E-state index >= 15 is 0 Å². The molecule has 2 heterocycles. The molecule has 10 aromatic carbocycles. The van der Waals surface area contributed by atoms with Crippen LogP contribution in [0.4, 0.5) is 0 Å². The van der Waals surface area contributed by atoms with Gasteiger partial charge in [-0.3, -0.25) is 0 Å². The molecular weight excluding hydrogens is 795 g/mol. The predicted octanol–water partition coefficient (Wildman–Crippen LogP) is 16.3. The van der Waals surface area contributed by atoms with Crippen molar-refractivity contribution in [3.05, 3.63) is 281 Å². The molecule has 0 N–H and O–H groups in total. The number of para-hydroxylation sites is 3. The Morgan fingerprint density at radius 1 is 0.348 bits per heavy atom. The molecule has 0 saturated heterocycles. The Morgan fingerprint density at radius 3 is 1.70 bits per heavy atom. The van der Waals surface area contributed by atoms with Gasteiger partial charge in [-0.1, -0.05) is 226 Å². The molecule has 1 spiro atoms. The minimum atomic E-state index is -0.490. The first kappa shape index (κ1) is 37.4. The summed E-state index contributed by atoms with van der Waals surface area (Å²) in [4.78, 5) is 0. The van der Waals surface area contributed by atoms with Crippen LogP contribution in [0.15, 0.2) is 231 Å². The zero-order valence-corrected chi connectivity index (χ0v) is 37.0. The van der Waals surface area contributed by atoms with E-state index in [1.54, 1.807) is 0 Å². The monoisotopic (exact) mass is 839 g/mol. The molecular formula is C65H45N. The number of benzene rings is 10. The smallest absolute Gasteiger partial charge is 0.0754 e. The molecule has 14 rings (SSSR count). The number of rotatable bonds is 5. The first-order valence-electron chi connectivity index (χ1n) is 23.4. The van der Waals surface area contributed by atoms with Crippen molar-refractivity contribution in [2.75, 3.05) is 0 Å². The first-order chi connectivity index (χ1) is 32.5. The van der Waals surface area contributed by atoms with Crippen LogP contribution in [0.1, 0.15) is 69.8 Å². The fourth-order valence-corrected chi connectivity index (χ4v) is 12.8. The molecule has 0 fully saturated rings. The van der Waals surface area contributed by atoms with Crippen LogP contribution >= 0.6 is 0 Å². The lowest BCUT2D eigenvalue weighted by Crippen LogP contribution is -2.33. The molecule has 0 bridgehead atoms. The molecule has 2 atom stereocenters. The van der Waals surface area contributed by atoms with Gasteiger partial charge in [0.05, 0.1) is 22.1 Å². The topological polar surface area (TPSA) is 4.93 Å². The van der Waals surface area contributed by atoms with Gasteiger partial charge >= 0.3 is 0 Å². The van der Waals surface area contributed by atoms with Gasteiger partial charge in [0.1, 0.15) is 0 Å². The minimum Gasteiger partial charge on any atom is -0.309 e. The molecule has 1 aromatic heterocycles. The average molecular weight is 840 g/mol. The second kappa shape index (κ2) is 13.8. The van der Waals surface area contributed by atoms with E-state index in [0.717, 1.165) is 0 Å². The summed E-state index contributed by atoms with van der Waals surface area (Å²) < 4.78 is 2.53. The van der Waals surface area contributed by atoms with Crippen LogP contribution < -0.4 is 0 Å². The maximum atomic E-state index is 2.53. The summed E-state index contributed by atoms with van der Waals surface area (Å²) in [6.07, 6.45) is 0. The van der Waals surface area contributed by atoms with Crippen molar-refractivity contribution in [3.63, 3.8) is 0 Å². The van der Waals surface area contributed by atoms with E-state index in [2.05, 4.69) is 249 Å². The van der Waals surface area contributed by atoms with Gasteiger partial charge in [0.2, 0.25) is 0 Å². The van der Waals surface area contributed by atoms with Gasteiger partial charge in [-0.2, -0.15) is 0 Å². The Morgan fingerprint density at radius 2 is 0.909 bits per heavy atom. The van der Waals surface area contributed by atoms with Gasteiger partial charge in [-0.05, 0) is 113 Å². The third-order valence-electron chi connectivity index (χ3n) is 15.6. The standard InChI is InChI=1S/C65H45N/c1-64(2)54-29-13-10-23-46(54)48-37-35-43(40-59(48)64)62(50-26-8-6-21-44(50)41-19-4-3-5-20-41)51-27-9-7-22-45(51)42-36-38-56-53(39-42)47-24-11-14-30-55(47)65(56)57-31-15-17-34-61(57)66-60-33-16-12-25-49(60)52-28-18-32-58(65)63(52)66/h3-40,62H,1-2H3. The Bertz CT molecular complexity index is 3810. The van der Waals surface area contributed by atoms with Crippen molar-refractivity contribution < 1.29 is 0 Å². The van der Waals surface area contributed by atoms with Crippen LogP contribution in [0.2, 0.25) is 0 Å². The van der Waals surface area contributed by atoms with Crippen LogP contribution in [0.5, 0.6) is 0 Å². The van der Waals surface area contributed by atoms with Gasteiger partial charge in [0.15, 0.2) is 0 Å². The van der Waals surface area contributed by atoms with Gasteiger partial charge in [0.25, 0.3) is 0 Å². The molecule has 11 aromatic rings. The SMILES string of the molecule is CC1(C)c2ccccc2-c2ccc(C(c3ccccc3-c3ccccc3)c3ccccc3-c3ccc4c(c3)-c3ccccc3C43c4ccccc4-n4c5ccccc5c5cccc3c54)cc21. The molecule has 0 saturated carbocycles. The molecule has 2 unspecified atom stereocenters. The van der Waals surface area contributed by atoms with Gasteiger partial charge in [0, 0.05) is 22.1 Å². The van der Waals surface area contributed by atoms with Gasteiger partial charge in [-0.15, -0.1) is 0 Å². The zero-order valence-electron chi connectivity index (χ0n) is 37.0. The van der Waals surface area contributed by atoms with E-state index in [1.165, 1.54) is 122 Å². The third-order valence-corrected chi connectivity index (χ3v) is 15.6. The molecule has 2 aliphatic carbocycles. The van der Waals surface area contributed by atoms with Crippen LogP contribution in [0, 0.1) is 0 Å². The average Bonchev–Trinajstić information content (AvgIpc) is 3.95. The molecule has 3 aliphatic rings. The largest absolute Gasteiger partial charge is 0.309 e. The summed E-state index contributed by atoms with van der Waals surface area (Å²) in [6, 6.07) is 87.2. The molecule has 0 amide bonds. The Balaban J connectivity index is 1.01. The van der Waals surface area contributed by atoms with Crippen LogP contribution in [0.25, 0.3) is 72.0 Å². The second-order valence-corrected chi connectivity index (χ2v) is 19.1. The maximum absolute atomic E-state index is 2.53. The first-order valence-corrected chi connectivity index (χ1v) is 23.4. The maximum Gasteiger partial charge on any atom is 0.0754 e. The lowest BCUT2D eigenvalue weighted by atomic mass is 9.65.